The smallest absolute Gasteiger partial charge is 0.352 e. The molecule has 1 aliphatic carbocycles. The lowest BCUT2D eigenvalue weighted by atomic mass is 10.0. The van der Waals surface area contributed by atoms with Crippen molar-refractivity contribution in [3.63, 3.8) is 0 Å². The molecule has 20 heteroatoms. The predicted molar refractivity (Wildman–Crippen MR) is 239 cm³/mol. The number of carboxylic acids is 2. The van der Waals surface area contributed by atoms with Crippen LogP contribution in [0.5, 0.6) is 0 Å². The molecule has 18 nitrogen and oxygen atoms in total. The van der Waals surface area contributed by atoms with Crippen molar-refractivity contribution in [2.24, 2.45) is 23.1 Å². The molecule has 1 aliphatic rings. The number of hydrogen-bond acceptors (Lipinski definition) is 13. The highest BCUT2D eigenvalue weighted by Crippen LogP contribution is 2.31. The van der Waals surface area contributed by atoms with Crippen LogP contribution in [-0.4, -0.2) is 84.5 Å². The summed E-state index contributed by atoms with van der Waals surface area (Å²) in [4.78, 5) is 98.1. The van der Waals surface area contributed by atoms with E-state index in [9.17, 15) is 43.8 Å². The van der Waals surface area contributed by atoms with Gasteiger partial charge in [0.05, 0.1) is 0 Å². The van der Waals surface area contributed by atoms with Crippen LogP contribution in [0.25, 0.3) is 21.8 Å². The Hall–Kier alpha value is -6.61. The molecule has 0 atom stereocenters. The number of primary amides is 1. The first-order valence-corrected chi connectivity index (χ1v) is 22.1. The van der Waals surface area contributed by atoms with Crippen LogP contribution in [0.1, 0.15) is 132 Å². The standard InChI is InChI=1S/C23H26N4O4S.C20H21N5O5S/c24-9-3-6-15-16-11-14(7-8-17(16)25-20(15)22(30)31)21(29)27-23-26-18(12-32-23)19(28)10-13-4-1-2-5-13;21-7-1-2-11-12-8-10(3-4-13(12)23-17(11)19(29)30)18(28)25-20-24-14(9-31-20)15(26)5-6-16(22)27/h7-8,11-13,25H,1-6,9-10,24H2,(H,30,31)(H,26,27,29);3-4,8-9,23H,1-2,5-7,21H2,(H2,22,27)(H,29,30)(H,24,25,28). The van der Waals surface area contributed by atoms with Gasteiger partial charge in [0.15, 0.2) is 21.8 Å². The zero-order valence-corrected chi connectivity index (χ0v) is 35.7. The summed E-state index contributed by atoms with van der Waals surface area (Å²) in [7, 11) is 0. The van der Waals surface area contributed by atoms with E-state index in [1.807, 2.05) is 0 Å². The average Bonchev–Trinajstić information content (AvgIpc) is 4.12. The van der Waals surface area contributed by atoms with Crippen molar-refractivity contribution in [3.8, 4) is 0 Å². The molecule has 7 rings (SSSR count). The van der Waals surface area contributed by atoms with Gasteiger partial charge in [0, 0.05) is 63.0 Å². The van der Waals surface area contributed by atoms with Crippen molar-refractivity contribution >= 4 is 96.0 Å². The summed E-state index contributed by atoms with van der Waals surface area (Å²) in [6.45, 7) is 0.855. The SMILES string of the molecule is NCCCc1c(C(=O)O)[nH]c2ccc(C(=O)Nc3nc(C(=O)CC4CCCC4)cs3)cc12.NCCCc1c(C(=O)O)[nH]c2ccc(C(=O)Nc3nc(C(=O)CCC(N)=O)cs3)cc12. The number of aromatic nitrogens is 4. The molecular formula is C43H47N9O9S2. The van der Waals surface area contributed by atoms with Crippen molar-refractivity contribution in [1.82, 2.24) is 19.9 Å². The number of aromatic amines is 2. The highest BCUT2D eigenvalue weighted by atomic mass is 32.1. The quantitative estimate of drug-likeness (QED) is 0.0413. The monoisotopic (exact) mass is 897 g/mol. The van der Waals surface area contributed by atoms with Gasteiger partial charge in [-0.05, 0) is 92.2 Å². The third-order valence-corrected chi connectivity index (χ3v) is 12.1. The van der Waals surface area contributed by atoms with Crippen LogP contribution in [0.3, 0.4) is 0 Å². The number of hydrogen-bond donors (Lipinski definition) is 9. The van der Waals surface area contributed by atoms with Crippen molar-refractivity contribution in [2.75, 3.05) is 23.7 Å². The second kappa shape index (κ2) is 21.0. The van der Waals surface area contributed by atoms with Crippen LogP contribution >= 0.6 is 22.7 Å². The van der Waals surface area contributed by atoms with Crippen LogP contribution in [0.15, 0.2) is 47.2 Å². The van der Waals surface area contributed by atoms with Crippen LogP contribution in [0.2, 0.25) is 0 Å². The van der Waals surface area contributed by atoms with Gasteiger partial charge in [-0.15, -0.1) is 22.7 Å². The summed E-state index contributed by atoms with van der Waals surface area (Å²) in [5.74, 6) is -3.38. The lowest BCUT2D eigenvalue weighted by molar-refractivity contribution is -0.118. The zero-order chi connectivity index (χ0) is 45.2. The lowest BCUT2D eigenvalue weighted by Gasteiger charge is -2.05. The Balaban J connectivity index is 0.000000210. The van der Waals surface area contributed by atoms with Gasteiger partial charge in [0.2, 0.25) is 5.91 Å². The third kappa shape index (κ3) is 11.5. The number of aromatic carboxylic acids is 2. The first-order chi connectivity index (χ1) is 30.3. The Bertz CT molecular complexity index is 2690. The molecule has 0 aliphatic heterocycles. The maximum Gasteiger partial charge on any atom is 0.352 e. The summed E-state index contributed by atoms with van der Waals surface area (Å²) in [6, 6.07) is 9.83. The van der Waals surface area contributed by atoms with Crippen LogP contribution < -0.4 is 27.8 Å². The Morgan fingerprint density at radius 1 is 0.683 bits per heavy atom. The van der Waals surface area contributed by atoms with Crippen LogP contribution in [0.4, 0.5) is 10.3 Å². The maximum atomic E-state index is 12.8. The highest BCUT2D eigenvalue weighted by Gasteiger charge is 2.23. The fourth-order valence-corrected chi connectivity index (χ4v) is 8.84. The number of carboxylic acid groups (broad SMARTS) is 2. The number of fused-ring (bicyclic) bond motifs is 2. The minimum atomic E-state index is -1.08. The summed E-state index contributed by atoms with van der Waals surface area (Å²) in [5, 5.41) is 29.5. The first kappa shape index (κ1) is 45.9. The second-order valence-corrected chi connectivity index (χ2v) is 16.7. The number of nitrogens with zero attached hydrogens (tertiary/aromatic N) is 2. The molecule has 330 valence electrons. The molecule has 4 heterocycles. The number of carbonyl (C=O) groups is 7. The molecule has 2 aromatic carbocycles. The molecule has 4 aromatic heterocycles. The number of amides is 3. The minimum absolute atomic E-state index is 0.0214. The third-order valence-electron chi connectivity index (χ3n) is 10.6. The van der Waals surface area contributed by atoms with Crippen LogP contribution in [0, 0.1) is 5.92 Å². The summed E-state index contributed by atoms with van der Waals surface area (Å²) >= 11 is 2.31. The molecule has 1 fully saturated rings. The average molecular weight is 898 g/mol. The van der Waals surface area contributed by atoms with E-state index >= 15 is 0 Å². The van der Waals surface area contributed by atoms with Gasteiger partial charge in [-0.2, -0.15) is 0 Å². The molecule has 0 radical (unpaired) electrons. The number of Topliss-reactive ketones (excluding diaryl/α,β-unsaturated/α-hetero) is 2. The molecule has 12 N–H and O–H groups in total. The van der Waals surface area contributed by atoms with Crippen molar-refractivity contribution < 1.29 is 43.8 Å². The molecule has 1 saturated carbocycles. The topological polar surface area (TPSA) is 319 Å². The number of H-pyrrole nitrogens is 2. The fourth-order valence-electron chi connectivity index (χ4n) is 7.42. The first-order valence-electron chi connectivity index (χ1n) is 20.3. The molecule has 0 unspecified atom stereocenters. The molecule has 0 saturated heterocycles. The van der Waals surface area contributed by atoms with E-state index in [-0.39, 0.29) is 52.5 Å². The molecular weight excluding hydrogens is 851 g/mol. The summed E-state index contributed by atoms with van der Waals surface area (Å²) < 4.78 is 0. The van der Waals surface area contributed by atoms with E-state index in [1.54, 1.807) is 41.8 Å². The Morgan fingerprint density at radius 2 is 1.14 bits per heavy atom. The number of carbonyl (C=O) groups excluding carboxylic acids is 5. The number of benzene rings is 2. The van der Waals surface area contributed by atoms with Gasteiger partial charge < -0.3 is 37.4 Å². The Morgan fingerprint density at radius 3 is 1.57 bits per heavy atom. The lowest BCUT2D eigenvalue weighted by Crippen LogP contribution is -2.13. The van der Waals surface area contributed by atoms with E-state index in [2.05, 4.69) is 30.6 Å². The largest absolute Gasteiger partial charge is 0.477 e. The van der Waals surface area contributed by atoms with Gasteiger partial charge >= 0.3 is 11.9 Å². The number of thiazole rings is 2. The van der Waals surface area contributed by atoms with E-state index in [4.69, 9.17) is 17.2 Å². The zero-order valence-electron chi connectivity index (χ0n) is 34.1. The van der Waals surface area contributed by atoms with Crippen LogP contribution in [-0.2, 0) is 17.6 Å². The minimum Gasteiger partial charge on any atom is -0.477 e. The highest BCUT2D eigenvalue weighted by molar-refractivity contribution is 7.14. The molecule has 6 aromatic rings. The van der Waals surface area contributed by atoms with E-state index in [1.165, 1.54) is 29.6 Å². The summed E-state index contributed by atoms with van der Waals surface area (Å²) in [5.41, 5.74) is 20.2. The van der Waals surface area contributed by atoms with Gasteiger partial charge in [0.1, 0.15) is 22.8 Å². The Labute approximate surface area is 368 Å². The molecule has 63 heavy (non-hydrogen) atoms. The van der Waals surface area contributed by atoms with Crippen molar-refractivity contribution in [1.29, 1.82) is 0 Å². The van der Waals surface area contributed by atoms with E-state index in [0.29, 0.717) is 106 Å². The number of ketones is 2. The van der Waals surface area contributed by atoms with Gasteiger partial charge in [-0.25, -0.2) is 19.6 Å². The number of nitrogens with one attached hydrogen (secondary N) is 4. The van der Waals surface area contributed by atoms with E-state index < -0.39 is 23.8 Å². The van der Waals surface area contributed by atoms with Crippen molar-refractivity contribution in [3.05, 3.63) is 92.2 Å². The summed E-state index contributed by atoms with van der Waals surface area (Å²) in [6.07, 6.45) is 7.17. The molecule has 3 amide bonds. The number of aryl methyl sites for hydroxylation is 2. The Kier molecular flexibility index (Phi) is 15.3. The van der Waals surface area contributed by atoms with Gasteiger partial charge in [-0.3, -0.25) is 34.6 Å². The van der Waals surface area contributed by atoms with Gasteiger partial charge in [0.25, 0.3) is 11.8 Å². The maximum absolute atomic E-state index is 12.8. The second-order valence-electron chi connectivity index (χ2n) is 15.0. The number of rotatable bonds is 19. The normalized spacial score (nSPS) is 12.5. The van der Waals surface area contributed by atoms with Gasteiger partial charge in [-0.1, -0.05) is 25.7 Å². The predicted octanol–water partition coefficient (Wildman–Crippen LogP) is 6.14. The molecule has 0 bridgehead atoms. The number of anilines is 2. The number of nitrogens with two attached hydrogens (primary N) is 3. The van der Waals surface area contributed by atoms with E-state index in [0.717, 1.165) is 24.2 Å². The fraction of sp³-hybridized carbons (Fsp3) is 0.326. The van der Waals surface area contributed by atoms with Crippen molar-refractivity contribution in [2.45, 2.75) is 70.6 Å². The molecule has 0 spiro atoms.